The molecule has 0 aliphatic carbocycles. The zero-order valence-electron chi connectivity index (χ0n) is 17.2. The van der Waals surface area contributed by atoms with Gasteiger partial charge in [-0.3, -0.25) is 19.3 Å². The average molecular weight is 558 g/mol. The number of esters is 1. The lowest BCUT2D eigenvalue weighted by atomic mass is 10.1. The SMILES string of the molecule is CC(=O)SSC1C(NC(=O)COc2ccccc2)C(=O)N1/C(C(=O)OCC(Cl)(Cl)Cl)=C(/C)O. The standard InChI is InChI=1S/C19H19Cl3N2O7S2/c1-10(25)15(18(29)31-9-19(20,21)22)24-16(28)14(17(24)33-32-11(2)26)23-13(27)8-30-12-6-4-3-5-7-12/h3-7,14,17,25H,8-9H2,1-2H3,(H,23,27)/b15-10-. The summed E-state index contributed by atoms with van der Waals surface area (Å²) in [5, 5.41) is 11.4. The summed E-state index contributed by atoms with van der Waals surface area (Å²) < 4.78 is 8.33. The van der Waals surface area contributed by atoms with Crippen LogP contribution in [0.2, 0.25) is 0 Å². The van der Waals surface area contributed by atoms with Crippen molar-refractivity contribution in [1.29, 1.82) is 0 Å². The highest BCUT2D eigenvalue weighted by atomic mass is 35.6. The number of hydrogen-bond acceptors (Lipinski definition) is 9. The first-order chi connectivity index (χ1) is 15.4. The van der Waals surface area contributed by atoms with Crippen LogP contribution in [-0.4, -0.2) is 61.3 Å². The first kappa shape index (κ1) is 27.5. The third-order valence-electron chi connectivity index (χ3n) is 3.88. The van der Waals surface area contributed by atoms with Crippen LogP contribution >= 0.6 is 56.4 Å². The predicted molar refractivity (Wildman–Crippen MR) is 127 cm³/mol. The summed E-state index contributed by atoms with van der Waals surface area (Å²) >= 11 is 16.7. The molecule has 180 valence electrons. The molecule has 1 fully saturated rings. The fraction of sp³-hybridized carbons (Fsp3) is 0.368. The Morgan fingerprint density at radius 1 is 1.18 bits per heavy atom. The average Bonchev–Trinajstić information content (AvgIpc) is 2.74. The van der Waals surface area contributed by atoms with Gasteiger partial charge in [-0.05, 0) is 29.9 Å². The van der Waals surface area contributed by atoms with E-state index >= 15 is 0 Å². The predicted octanol–water partition coefficient (Wildman–Crippen LogP) is 3.35. The van der Waals surface area contributed by atoms with Crippen molar-refractivity contribution in [2.45, 2.75) is 29.1 Å². The van der Waals surface area contributed by atoms with Crippen molar-refractivity contribution < 1.29 is 33.8 Å². The van der Waals surface area contributed by atoms with Gasteiger partial charge in [0.1, 0.15) is 29.5 Å². The number of ether oxygens (including phenoxy) is 2. The van der Waals surface area contributed by atoms with Crippen LogP contribution in [0.1, 0.15) is 13.8 Å². The molecule has 1 aliphatic rings. The van der Waals surface area contributed by atoms with Crippen LogP contribution in [0.3, 0.4) is 0 Å². The van der Waals surface area contributed by atoms with E-state index in [0.29, 0.717) is 5.75 Å². The van der Waals surface area contributed by atoms with Gasteiger partial charge in [0.2, 0.25) is 3.79 Å². The molecule has 1 aromatic carbocycles. The van der Waals surface area contributed by atoms with Crippen molar-refractivity contribution in [1.82, 2.24) is 10.2 Å². The summed E-state index contributed by atoms with van der Waals surface area (Å²) in [6.45, 7) is 1.48. The molecule has 2 atom stereocenters. The van der Waals surface area contributed by atoms with Crippen molar-refractivity contribution >= 4 is 79.3 Å². The molecule has 1 aromatic rings. The lowest BCUT2D eigenvalue weighted by Crippen LogP contribution is -2.69. The first-order valence-corrected chi connectivity index (χ1v) is 12.5. The number of alkyl halides is 3. The maximum atomic E-state index is 12.8. The minimum atomic E-state index is -1.91. The van der Waals surface area contributed by atoms with E-state index in [9.17, 15) is 24.3 Å². The van der Waals surface area contributed by atoms with Crippen LogP contribution in [0.25, 0.3) is 0 Å². The number of benzene rings is 1. The molecule has 9 nitrogen and oxygen atoms in total. The number of aliphatic hydroxyl groups excluding tert-OH is 1. The molecule has 2 unspecified atom stereocenters. The van der Waals surface area contributed by atoms with Crippen molar-refractivity contribution in [2.24, 2.45) is 0 Å². The second-order valence-corrected chi connectivity index (χ2v) is 11.6. The number of para-hydroxylation sites is 1. The van der Waals surface area contributed by atoms with Crippen LogP contribution < -0.4 is 10.1 Å². The third-order valence-corrected chi connectivity index (χ3v) is 6.80. The highest BCUT2D eigenvalue weighted by Crippen LogP contribution is 2.41. The largest absolute Gasteiger partial charge is 0.510 e. The minimum absolute atomic E-state index is 0.276. The zero-order valence-corrected chi connectivity index (χ0v) is 21.2. The molecule has 2 amide bonds. The van der Waals surface area contributed by atoms with Crippen molar-refractivity contribution in [3.63, 3.8) is 0 Å². The number of halogens is 3. The maximum absolute atomic E-state index is 12.8. The van der Waals surface area contributed by atoms with Gasteiger partial charge in [0.15, 0.2) is 17.4 Å². The third kappa shape index (κ3) is 8.18. The molecule has 0 bridgehead atoms. The smallest absolute Gasteiger partial charge is 0.358 e. The number of allylic oxidation sites excluding steroid dienone is 1. The van der Waals surface area contributed by atoms with Gasteiger partial charge in [0.25, 0.3) is 11.8 Å². The molecule has 0 spiro atoms. The van der Waals surface area contributed by atoms with Gasteiger partial charge in [-0.25, -0.2) is 4.79 Å². The van der Waals surface area contributed by atoms with Crippen LogP contribution in [0, 0.1) is 0 Å². The van der Waals surface area contributed by atoms with Gasteiger partial charge < -0.3 is 19.9 Å². The molecule has 1 aliphatic heterocycles. The van der Waals surface area contributed by atoms with Gasteiger partial charge in [-0.2, -0.15) is 0 Å². The van der Waals surface area contributed by atoms with E-state index in [2.05, 4.69) is 5.32 Å². The maximum Gasteiger partial charge on any atom is 0.358 e. The number of nitrogens with zero attached hydrogens (tertiary/aromatic N) is 1. The number of rotatable bonds is 9. The topological polar surface area (TPSA) is 122 Å². The van der Waals surface area contributed by atoms with Gasteiger partial charge in [0.05, 0.1) is 0 Å². The minimum Gasteiger partial charge on any atom is -0.510 e. The van der Waals surface area contributed by atoms with Crippen LogP contribution in [0.4, 0.5) is 0 Å². The van der Waals surface area contributed by atoms with Crippen LogP contribution in [0.5, 0.6) is 5.75 Å². The molecule has 0 saturated carbocycles. The number of carbonyl (C=O) groups excluding carboxylic acids is 4. The van der Waals surface area contributed by atoms with Gasteiger partial charge in [-0.1, -0.05) is 63.8 Å². The normalized spacial score (nSPS) is 18.7. The molecule has 0 aromatic heterocycles. The Kier molecular flexibility index (Phi) is 10.0. The molecule has 1 saturated heterocycles. The van der Waals surface area contributed by atoms with E-state index in [4.69, 9.17) is 44.3 Å². The van der Waals surface area contributed by atoms with E-state index in [0.717, 1.165) is 26.5 Å². The fourth-order valence-corrected chi connectivity index (χ4v) is 4.85. The summed E-state index contributed by atoms with van der Waals surface area (Å²) in [6.07, 6.45) is 0. The number of aliphatic hydroxyl groups is 1. The van der Waals surface area contributed by atoms with E-state index in [1.807, 2.05) is 0 Å². The summed E-state index contributed by atoms with van der Waals surface area (Å²) in [4.78, 5) is 50.0. The van der Waals surface area contributed by atoms with Gasteiger partial charge in [-0.15, -0.1) is 0 Å². The molecule has 14 heteroatoms. The van der Waals surface area contributed by atoms with Gasteiger partial charge in [0, 0.05) is 6.92 Å². The lowest BCUT2D eigenvalue weighted by Gasteiger charge is -2.46. The number of β-lactam (4-membered cyclic amide) rings is 1. The highest BCUT2D eigenvalue weighted by molar-refractivity contribution is 8.82. The first-order valence-electron chi connectivity index (χ1n) is 9.18. The molecule has 2 N–H and O–H groups in total. The quantitative estimate of drug-likeness (QED) is 0.117. The molecular weight excluding hydrogens is 539 g/mol. The molecule has 33 heavy (non-hydrogen) atoms. The number of likely N-dealkylation sites (tertiary alicyclic amines) is 1. The summed E-state index contributed by atoms with van der Waals surface area (Å²) in [7, 11) is 1.72. The zero-order chi connectivity index (χ0) is 24.8. The van der Waals surface area contributed by atoms with E-state index in [-0.39, 0.29) is 11.7 Å². The van der Waals surface area contributed by atoms with Crippen molar-refractivity contribution in [2.75, 3.05) is 13.2 Å². The lowest BCUT2D eigenvalue weighted by molar-refractivity contribution is -0.153. The molecule has 0 radical (unpaired) electrons. The Morgan fingerprint density at radius 2 is 1.82 bits per heavy atom. The van der Waals surface area contributed by atoms with Gasteiger partial charge >= 0.3 is 5.97 Å². The van der Waals surface area contributed by atoms with E-state index in [1.165, 1.54) is 13.8 Å². The van der Waals surface area contributed by atoms with Crippen LogP contribution in [-0.2, 0) is 23.9 Å². The van der Waals surface area contributed by atoms with E-state index < -0.39 is 51.1 Å². The molecular formula is C19H19Cl3N2O7S2. The summed E-state index contributed by atoms with van der Waals surface area (Å²) in [5.74, 6) is -2.50. The summed E-state index contributed by atoms with van der Waals surface area (Å²) in [6, 6.07) is 7.49. The Labute approximate surface area is 212 Å². The van der Waals surface area contributed by atoms with Crippen molar-refractivity contribution in [3.8, 4) is 5.75 Å². The number of carbonyl (C=O) groups is 4. The van der Waals surface area contributed by atoms with Crippen LogP contribution in [0.15, 0.2) is 41.8 Å². The summed E-state index contributed by atoms with van der Waals surface area (Å²) in [5.41, 5.74) is -0.498. The van der Waals surface area contributed by atoms with Crippen molar-refractivity contribution in [3.05, 3.63) is 41.8 Å². The van der Waals surface area contributed by atoms with E-state index in [1.54, 1.807) is 30.3 Å². The Balaban J connectivity index is 2.13. The Morgan fingerprint density at radius 3 is 2.36 bits per heavy atom. The Bertz CT molecular complexity index is 937. The molecule has 1 heterocycles. The molecule has 2 rings (SSSR count). The number of amides is 2. The Hall–Kier alpha value is -1.79. The second kappa shape index (κ2) is 12.1. The number of nitrogens with one attached hydrogen (secondary N) is 1. The highest BCUT2D eigenvalue weighted by Gasteiger charge is 2.53. The monoisotopic (exact) mass is 556 g/mol. The fourth-order valence-electron chi connectivity index (χ4n) is 2.57. The second-order valence-electron chi connectivity index (χ2n) is 6.54. The number of hydrogen-bond donors (Lipinski definition) is 2.